The third-order valence-electron chi connectivity index (χ3n) is 5.33. The number of anilines is 2. The highest BCUT2D eigenvalue weighted by atomic mass is 32.2. The van der Waals surface area contributed by atoms with Crippen LogP contribution >= 0.6 is 11.8 Å². The summed E-state index contributed by atoms with van der Waals surface area (Å²) in [4.78, 5) is 40.3. The molecule has 0 bridgehead atoms. The van der Waals surface area contributed by atoms with Crippen molar-refractivity contribution in [2.45, 2.75) is 30.3 Å². The van der Waals surface area contributed by atoms with Crippen LogP contribution in [0.1, 0.15) is 29.6 Å². The molecule has 8 heteroatoms. The predicted molar refractivity (Wildman–Crippen MR) is 121 cm³/mol. The minimum Gasteiger partial charge on any atom is -0.376 e. The lowest BCUT2D eigenvalue weighted by molar-refractivity contribution is -0.117. The van der Waals surface area contributed by atoms with Crippen LogP contribution in [0.15, 0.2) is 53.4 Å². The number of hydrogen-bond acceptors (Lipinski definition) is 5. The van der Waals surface area contributed by atoms with E-state index in [1.165, 1.54) is 11.8 Å². The average molecular weight is 440 g/mol. The Hall–Kier alpha value is -2.84. The van der Waals surface area contributed by atoms with Crippen molar-refractivity contribution in [1.82, 2.24) is 5.32 Å². The Kier molecular flexibility index (Phi) is 6.89. The van der Waals surface area contributed by atoms with Gasteiger partial charge in [-0.2, -0.15) is 0 Å². The highest BCUT2D eigenvalue weighted by Crippen LogP contribution is 2.34. The lowest BCUT2D eigenvalue weighted by Gasteiger charge is -2.28. The Morgan fingerprint density at radius 1 is 1.13 bits per heavy atom. The molecule has 2 aromatic carbocycles. The number of nitrogens with zero attached hydrogens (tertiary/aromatic N) is 1. The first kappa shape index (κ1) is 21.4. The zero-order valence-electron chi connectivity index (χ0n) is 17.1. The van der Waals surface area contributed by atoms with Gasteiger partial charge in [-0.05, 0) is 37.1 Å². The maximum absolute atomic E-state index is 12.6. The molecule has 1 atom stereocenters. The zero-order valence-corrected chi connectivity index (χ0v) is 18.0. The standard InChI is InChI=1S/C23H25N3O4S/c27-21(11-12-26-19-9-3-4-10-20(19)31-15-22(26)28)25-18-8-2-1-7-17(18)23(29)24-14-16-6-5-13-30-16/h1-4,7-10,16H,5-6,11-15H2,(H,24,29)(H,25,27). The molecule has 1 saturated heterocycles. The molecule has 7 nitrogen and oxygen atoms in total. The maximum Gasteiger partial charge on any atom is 0.253 e. The number of rotatable bonds is 7. The van der Waals surface area contributed by atoms with E-state index in [9.17, 15) is 14.4 Å². The van der Waals surface area contributed by atoms with E-state index in [1.54, 1.807) is 29.2 Å². The molecule has 0 radical (unpaired) electrons. The Morgan fingerprint density at radius 3 is 2.77 bits per heavy atom. The van der Waals surface area contributed by atoms with Gasteiger partial charge < -0.3 is 20.3 Å². The van der Waals surface area contributed by atoms with Gasteiger partial charge in [0.25, 0.3) is 5.91 Å². The molecule has 4 rings (SSSR count). The summed E-state index contributed by atoms with van der Waals surface area (Å²) in [6.45, 7) is 1.47. The number of fused-ring (bicyclic) bond motifs is 1. The van der Waals surface area contributed by atoms with Gasteiger partial charge in [-0.3, -0.25) is 14.4 Å². The van der Waals surface area contributed by atoms with E-state index in [2.05, 4.69) is 10.6 Å². The fourth-order valence-electron chi connectivity index (χ4n) is 3.72. The van der Waals surface area contributed by atoms with E-state index in [4.69, 9.17) is 4.74 Å². The first-order chi connectivity index (χ1) is 15.1. The van der Waals surface area contributed by atoms with Crippen LogP contribution in [0.5, 0.6) is 0 Å². The van der Waals surface area contributed by atoms with Crippen molar-refractivity contribution in [1.29, 1.82) is 0 Å². The normalized spacial score (nSPS) is 17.9. The average Bonchev–Trinajstić information content (AvgIpc) is 3.31. The second kappa shape index (κ2) is 9.98. The summed E-state index contributed by atoms with van der Waals surface area (Å²) < 4.78 is 5.54. The number of ether oxygens (including phenoxy) is 1. The quantitative estimate of drug-likeness (QED) is 0.692. The fraction of sp³-hybridized carbons (Fsp3) is 0.348. The molecule has 31 heavy (non-hydrogen) atoms. The molecule has 2 aliphatic heterocycles. The minimum absolute atomic E-state index is 0.00888. The predicted octanol–water partition coefficient (Wildman–Crippen LogP) is 3.06. The maximum atomic E-state index is 12.6. The second-order valence-corrected chi connectivity index (χ2v) is 8.51. The molecule has 3 amide bonds. The van der Waals surface area contributed by atoms with Crippen molar-refractivity contribution in [3.8, 4) is 0 Å². The molecule has 2 aromatic rings. The molecule has 0 aliphatic carbocycles. The van der Waals surface area contributed by atoms with Crippen LogP contribution in [0.25, 0.3) is 0 Å². The van der Waals surface area contributed by atoms with E-state index >= 15 is 0 Å². The topological polar surface area (TPSA) is 87.7 Å². The number of nitrogens with one attached hydrogen (secondary N) is 2. The van der Waals surface area contributed by atoms with E-state index in [-0.39, 0.29) is 36.8 Å². The molecule has 0 saturated carbocycles. The Bertz CT molecular complexity index is 975. The van der Waals surface area contributed by atoms with Crippen LogP contribution in [0.2, 0.25) is 0 Å². The van der Waals surface area contributed by atoms with Gasteiger partial charge in [-0.1, -0.05) is 24.3 Å². The number of carbonyl (C=O) groups is 3. The van der Waals surface area contributed by atoms with Crippen LogP contribution in [0.3, 0.4) is 0 Å². The summed E-state index contributed by atoms with van der Waals surface area (Å²) in [5.41, 5.74) is 1.70. The van der Waals surface area contributed by atoms with Gasteiger partial charge >= 0.3 is 0 Å². The highest BCUT2D eigenvalue weighted by Gasteiger charge is 2.25. The van der Waals surface area contributed by atoms with Crippen molar-refractivity contribution >= 4 is 40.9 Å². The molecule has 2 aliphatic rings. The van der Waals surface area contributed by atoms with Crippen LogP contribution < -0.4 is 15.5 Å². The van der Waals surface area contributed by atoms with Gasteiger partial charge in [0, 0.05) is 31.0 Å². The molecule has 1 fully saturated rings. The first-order valence-corrected chi connectivity index (χ1v) is 11.4. The Balaban J connectivity index is 1.36. The van der Waals surface area contributed by atoms with E-state index in [1.807, 2.05) is 24.3 Å². The van der Waals surface area contributed by atoms with Crippen molar-refractivity contribution in [2.24, 2.45) is 0 Å². The van der Waals surface area contributed by atoms with E-state index in [0.717, 1.165) is 30.0 Å². The molecule has 2 N–H and O–H groups in total. The van der Waals surface area contributed by atoms with E-state index in [0.29, 0.717) is 23.5 Å². The summed E-state index contributed by atoms with van der Waals surface area (Å²) in [5, 5.41) is 5.71. The van der Waals surface area contributed by atoms with Crippen molar-refractivity contribution in [3.63, 3.8) is 0 Å². The SMILES string of the molecule is O=C(CCN1C(=O)CSc2ccccc21)Nc1ccccc1C(=O)NCC1CCCO1. The van der Waals surface area contributed by atoms with Crippen LogP contribution in [-0.4, -0.2) is 49.3 Å². The Labute approximate surface area is 185 Å². The molecule has 1 unspecified atom stereocenters. The van der Waals surface area contributed by atoms with Gasteiger partial charge in [0.2, 0.25) is 11.8 Å². The molecule has 0 spiro atoms. The smallest absolute Gasteiger partial charge is 0.253 e. The van der Waals surface area contributed by atoms with Crippen molar-refractivity contribution in [3.05, 3.63) is 54.1 Å². The van der Waals surface area contributed by atoms with Crippen molar-refractivity contribution in [2.75, 3.05) is 35.7 Å². The van der Waals surface area contributed by atoms with Crippen LogP contribution in [0.4, 0.5) is 11.4 Å². The molecule has 2 heterocycles. The van der Waals surface area contributed by atoms with Gasteiger partial charge in [0.1, 0.15) is 0 Å². The lowest BCUT2D eigenvalue weighted by atomic mass is 10.1. The second-order valence-electron chi connectivity index (χ2n) is 7.49. The number of para-hydroxylation sites is 2. The third-order valence-corrected chi connectivity index (χ3v) is 6.38. The Morgan fingerprint density at radius 2 is 1.94 bits per heavy atom. The number of amides is 3. The summed E-state index contributed by atoms with van der Waals surface area (Å²) in [5.74, 6) is -0.136. The summed E-state index contributed by atoms with van der Waals surface area (Å²) in [6, 6.07) is 14.6. The zero-order chi connectivity index (χ0) is 21.6. The van der Waals surface area contributed by atoms with Gasteiger partial charge in [0.15, 0.2) is 0 Å². The number of carbonyl (C=O) groups excluding carboxylic acids is 3. The van der Waals surface area contributed by atoms with Crippen molar-refractivity contribution < 1.29 is 19.1 Å². The minimum atomic E-state index is -0.247. The van der Waals surface area contributed by atoms with E-state index < -0.39 is 0 Å². The molecular formula is C23H25N3O4S. The first-order valence-electron chi connectivity index (χ1n) is 10.4. The molecular weight excluding hydrogens is 414 g/mol. The number of thioether (sulfide) groups is 1. The van der Waals surface area contributed by atoms with Crippen LogP contribution in [0, 0.1) is 0 Å². The number of benzene rings is 2. The van der Waals surface area contributed by atoms with Gasteiger partial charge in [0.05, 0.1) is 28.8 Å². The lowest BCUT2D eigenvalue weighted by Crippen LogP contribution is -2.37. The summed E-state index contributed by atoms with van der Waals surface area (Å²) >= 11 is 1.51. The van der Waals surface area contributed by atoms with Crippen LogP contribution in [-0.2, 0) is 14.3 Å². The molecule has 162 valence electrons. The third kappa shape index (κ3) is 5.26. The van der Waals surface area contributed by atoms with Gasteiger partial charge in [-0.15, -0.1) is 11.8 Å². The summed E-state index contributed by atoms with van der Waals surface area (Å²) in [6.07, 6.45) is 2.14. The fourth-order valence-corrected chi connectivity index (χ4v) is 4.66. The largest absolute Gasteiger partial charge is 0.376 e. The van der Waals surface area contributed by atoms with Gasteiger partial charge in [-0.25, -0.2) is 0 Å². The summed E-state index contributed by atoms with van der Waals surface area (Å²) in [7, 11) is 0. The molecule has 0 aromatic heterocycles. The highest BCUT2D eigenvalue weighted by molar-refractivity contribution is 8.00. The number of hydrogen-bond donors (Lipinski definition) is 2. The monoisotopic (exact) mass is 439 g/mol.